The third-order valence-electron chi connectivity index (χ3n) is 7.98. The lowest BCUT2D eigenvalue weighted by molar-refractivity contribution is 0.159. The van der Waals surface area contributed by atoms with Crippen molar-refractivity contribution in [2.75, 3.05) is 0 Å². The molecule has 0 amide bonds. The number of fused-ring (bicyclic) bond motifs is 14. The molecule has 3 saturated carbocycles. The van der Waals surface area contributed by atoms with E-state index in [2.05, 4.69) is 56.0 Å². The molecule has 0 radical (unpaired) electrons. The quantitative estimate of drug-likeness (QED) is 0.429. The zero-order valence-electron chi connectivity index (χ0n) is 13.8. The summed E-state index contributed by atoms with van der Waals surface area (Å²) in [5, 5.41) is 0. The van der Waals surface area contributed by atoms with Gasteiger partial charge in [-0.2, -0.15) is 0 Å². The SMILES string of the molecule is C.C=C1c2c(/C=C\C)cccc2C2C3CC(C12)C1C2C=CC(C2)C31. The van der Waals surface area contributed by atoms with E-state index >= 15 is 0 Å². The maximum absolute atomic E-state index is 4.62. The van der Waals surface area contributed by atoms with Crippen molar-refractivity contribution in [2.45, 2.75) is 33.1 Å². The van der Waals surface area contributed by atoms with Crippen LogP contribution >= 0.6 is 0 Å². The van der Waals surface area contributed by atoms with Gasteiger partial charge in [-0.3, -0.25) is 0 Å². The Kier molecular flexibility index (Phi) is 2.92. The van der Waals surface area contributed by atoms with Gasteiger partial charge in [-0.15, -0.1) is 0 Å². The number of allylic oxidation sites excluding steroid dienone is 4. The van der Waals surface area contributed by atoms with Gasteiger partial charge in [-0.25, -0.2) is 0 Å². The Morgan fingerprint density at radius 2 is 1.71 bits per heavy atom. The maximum atomic E-state index is 4.62. The highest BCUT2D eigenvalue weighted by atomic mass is 14.7. The molecule has 0 heteroatoms. The molecule has 3 fully saturated rings. The van der Waals surface area contributed by atoms with Crippen molar-refractivity contribution in [1.82, 2.24) is 0 Å². The molecule has 4 bridgehead atoms. The third kappa shape index (κ3) is 1.47. The molecule has 0 aliphatic heterocycles. The summed E-state index contributed by atoms with van der Waals surface area (Å²) in [6.07, 6.45) is 12.5. The lowest BCUT2D eigenvalue weighted by atomic mass is 9.64. The monoisotopic (exact) mass is 316 g/mol. The summed E-state index contributed by atoms with van der Waals surface area (Å²) in [5.74, 6) is 7.12. The highest BCUT2D eigenvalue weighted by Gasteiger charge is 2.66. The van der Waals surface area contributed by atoms with Crippen LogP contribution in [0.15, 0.2) is 43.0 Å². The molecule has 24 heavy (non-hydrogen) atoms. The summed E-state index contributed by atoms with van der Waals surface area (Å²) in [6.45, 7) is 6.74. The Labute approximate surface area is 146 Å². The number of hydrogen-bond donors (Lipinski definition) is 0. The predicted octanol–water partition coefficient (Wildman–Crippen LogP) is 6.17. The van der Waals surface area contributed by atoms with Crippen LogP contribution in [0.2, 0.25) is 0 Å². The summed E-state index contributed by atoms with van der Waals surface area (Å²) < 4.78 is 0. The largest absolute Gasteiger partial charge is 0.0949 e. The van der Waals surface area contributed by atoms with Gasteiger partial charge in [-0.05, 0) is 89.4 Å². The highest BCUT2D eigenvalue weighted by Crippen LogP contribution is 2.74. The molecular weight excluding hydrogens is 288 g/mol. The van der Waals surface area contributed by atoms with E-state index in [9.17, 15) is 0 Å². The van der Waals surface area contributed by atoms with Crippen LogP contribution in [0.5, 0.6) is 0 Å². The van der Waals surface area contributed by atoms with E-state index in [0.29, 0.717) is 0 Å². The van der Waals surface area contributed by atoms with Crippen molar-refractivity contribution in [1.29, 1.82) is 0 Å². The fourth-order valence-corrected chi connectivity index (χ4v) is 7.66. The molecular formula is C24H28. The van der Waals surface area contributed by atoms with Crippen LogP contribution in [0.25, 0.3) is 11.6 Å². The minimum absolute atomic E-state index is 0. The molecule has 0 aromatic heterocycles. The molecule has 6 rings (SSSR count). The fraction of sp³-hybridized carbons (Fsp3) is 0.500. The first-order valence-corrected chi connectivity index (χ1v) is 9.42. The van der Waals surface area contributed by atoms with Crippen LogP contribution in [0.4, 0.5) is 0 Å². The highest BCUT2D eigenvalue weighted by molar-refractivity contribution is 5.82. The predicted molar refractivity (Wildman–Crippen MR) is 102 cm³/mol. The second kappa shape index (κ2) is 4.75. The van der Waals surface area contributed by atoms with Gasteiger partial charge in [0.25, 0.3) is 0 Å². The average molecular weight is 316 g/mol. The minimum Gasteiger partial charge on any atom is -0.0949 e. The summed E-state index contributed by atoms with van der Waals surface area (Å²) in [4.78, 5) is 0. The Morgan fingerprint density at radius 1 is 1.00 bits per heavy atom. The second-order valence-corrected chi connectivity index (χ2v) is 8.55. The summed E-state index contributed by atoms with van der Waals surface area (Å²) in [7, 11) is 0. The fourth-order valence-electron chi connectivity index (χ4n) is 7.66. The van der Waals surface area contributed by atoms with Gasteiger partial charge in [0, 0.05) is 0 Å². The molecule has 8 atom stereocenters. The molecule has 8 unspecified atom stereocenters. The first kappa shape index (κ1) is 14.8. The van der Waals surface area contributed by atoms with Crippen LogP contribution in [0.1, 0.15) is 49.8 Å². The van der Waals surface area contributed by atoms with Crippen molar-refractivity contribution in [3.05, 3.63) is 59.7 Å². The molecule has 1 aromatic carbocycles. The Hall–Kier alpha value is -1.56. The van der Waals surface area contributed by atoms with E-state index in [0.717, 1.165) is 47.3 Å². The standard InChI is InChI=1S/C23H24.CH4/c1-3-5-13-6-4-7-16-19(13)12(2)20-17-11-18(23(16)20)22-15-9-8-14(10-15)21(17)22;/h3-9,14-15,17-18,20-23H,2,10-11H2,1H3;1H4/b5-3-;. The van der Waals surface area contributed by atoms with E-state index in [1.807, 2.05) is 0 Å². The third-order valence-corrected chi connectivity index (χ3v) is 7.98. The van der Waals surface area contributed by atoms with Crippen LogP contribution in [-0.2, 0) is 0 Å². The van der Waals surface area contributed by atoms with Crippen LogP contribution in [0, 0.1) is 41.4 Å². The second-order valence-electron chi connectivity index (χ2n) is 8.55. The normalized spacial score (nSPS) is 45.6. The van der Waals surface area contributed by atoms with E-state index in [4.69, 9.17) is 0 Å². The van der Waals surface area contributed by atoms with Gasteiger partial charge < -0.3 is 0 Å². The number of hydrogen-bond acceptors (Lipinski definition) is 0. The zero-order valence-corrected chi connectivity index (χ0v) is 13.8. The smallest absolute Gasteiger partial charge is 0.00527 e. The Balaban J connectivity index is 0.00000131. The molecule has 0 heterocycles. The van der Waals surface area contributed by atoms with Gasteiger partial charge in [0.15, 0.2) is 0 Å². The topological polar surface area (TPSA) is 0 Å². The van der Waals surface area contributed by atoms with Crippen LogP contribution in [0.3, 0.4) is 0 Å². The van der Waals surface area contributed by atoms with Gasteiger partial charge in [0.05, 0.1) is 0 Å². The lowest BCUT2D eigenvalue weighted by Crippen LogP contribution is -2.34. The first-order valence-electron chi connectivity index (χ1n) is 9.42. The summed E-state index contributed by atoms with van der Waals surface area (Å²) in [5.41, 5.74) is 6.01. The average Bonchev–Trinajstić information content (AvgIpc) is 3.32. The molecule has 124 valence electrons. The van der Waals surface area contributed by atoms with E-state index in [-0.39, 0.29) is 7.43 Å². The maximum Gasteiger partial charge on any atom is -0.00527 e. The summed E-state index contributed by atoms with van der Waals surface area (Å²) in [6, 6.07) is 6.96. The van der Waals surface area contributed by atoms with Crippen molar-refractivity contribution >= 4 is 11.6 Å². The van der Waals surface area contributed by atoms with Gasteiger partial charge in [0.2, 0.25) is 0 Å². The minimum atomic E-state index is 0. The molecule has 1 aromatic rings. The lowest BCUT2D eigenvalue weighted by Gasteiger charge is -2.39. The van der Waals surface area contributed by atoms with Crippen molar-refractivity contribution in [3.8, 4) is 0 Å². The zero-order chi connectivity index (χ0) is 15.3. The summed E-state index contributed by atoms with van der Waals surface area (Å²) >= 11 is 0. The van der Waals surface area contributed by atoms with E-state index < -0.39 is 0 Å². The molecule has 5 aliphatic carbocycles. The van der Waals surface area contributed by atoms with E-state index in [1.54, 1.807) is 5.56 Å². The number of rotatable bonds is 1. The van der Waals surface area contributed by atoms with Crippen molar-refractivity contribution < 1.29 is 0 Å². The van der Waals surface area contributed by atoms with E-state index in [1.165, 1.54) is 29.5 Å². The molecule has 0 nitrogen and oxygen atoms in total. The van der Waals surface area contributed by atoms with Crippen molar-refractivity contribution in [2.24, 2.45) is 41.4 Å². The van der Waals surface area contributed by atoms with Gasteiger partial charge in [0.1, 0.15) is 0 Å². The molecule has 0 N–H and O–H groups in total. The molecule has 5 aliphatic rings. The van der Waals surface area contributed by atoms with Gasteiger partial charge >= 0.3 is 0 Å². The van der Waals surface area contributed by atoms with Crippen LogP contribution in [-0.4, -0.2) is 0 Å². The Bertz CT molecular complexity index is 779. The molecule has 0 spiro atoms. The first-order chi connectivity index (χ1) is 11.3. The van der Waals surface area contributed by atoms with Gasteiger partial charge in [-0.1, -0.05) is 56.5 Å². The van der Waals surface area contributed by atoms with Crippen molar-refractivity contribution in [3.63, 3.8) is 0 Å². The number of benzene rings is 1. The Morgan fingerprint density at radius 3 is 2.42 bits per heavy atom. The molecule has 0 saturated heterocycles. The van der Waals surface area contributed by atoms with Crippen LogP contribution < -0.4 is 0 Å².